The standard InChI is InChI=1S/C14H16F3N3O6/c15-14(16,17)12(24)18-3-1-2-7-5-20(13(25)19-11(7)23)10-4-8(22)9(6-21)26-10/h1-2,5,8-10,21-22H,3-4,6H2,(H,18,24)(H,19,23,25). The molecule has 0 saturated carbocycles. The molecule has 12 heteroatoms. The highest BCUT2D eigenvalue weighted by atomic mass is 19.4. The highest BCUT2D eigenvalue weighted by Crippen LogP contribution is 2.27. The summed E-state index contributed by atoms with van der Waals surface area (Å²) in [6, 6.07) is 0. The first-order valence-electron chi connectivity index (χ1n) is 7.45. The zero-order chi connectivity index (χ0) is 19.5. The minimum absolute atomic E-state index is 0.00196. The fourth-order valence-corrected chi connectivity index (χ4v) is 2.32. The van der Waals surface area contributed by atoms with Gasteiger partial charge in [0.2, 0.25) is 0 Å². The first kappa shape index (κ1) is 19.9. The van der Waals surface area contributed by atoms with Crippen molar-refractivity contribution in [3.8, 4) is 0 Å². The lowest BCUT2D eigenvalue weighted by Gasteiger charge is -2.14. The number of amides is 1. The van der Waals surface area contributed by atoms with E-state index in [0.29, 0.717) is 0 Å². The number of nitrogens with zero attached hydrogens (tertiary/aromatic N) is 1. The lowest BCUT2D eigenvalue weighted by Crippen LogP contribution is -2.36. The molecule has 1 fully saturated rings. The number of ether oxygens (including phenoxy) is 1. The Morgan fingerprint density at radius 3 is 2.73 bits per heavy atom. The Morgan fingerprint density at radius 1 is 1.46 bits per heavy atom. The topological polar surface area (TPSA) is 134 Å². The molecule has 0 bridgehead atoms. The summed E-state index contributed by atoms with van der Waals surface area (Å²) in [5.41, 5.74) is -1.67. The van der Waals surface area contributed by atoms with Gasteiger partial charge in [-0.05, 0) is 0 Å². The van der Waals surface area contributed by atoms with E-state index >= 15 is 0 Å². The Bertz CT molecular complexity index is 800. The first-order chi connectivity index (χ1) is 12.1. The highest BCUT2D eigenvalue weighted by Gasteiger charge is 2.38. The van der Waals surface area contributed by atoms with E-state index < -0.39 is 54.9 Å². The molecule has 3 atom stereocenters. The van der Waals surface area contributed by atoms with Crippen LogP contribution >= 0.6 is 0 Å². The number of aliphatic hydroxyl groups excluding tert-OH is 2. The number of nitrogens with one attached hydrogen (secondary N) is 2. The summed E-state index contributed by atoms with van der Waals surface area (Å²) in [5.74, 6) is -2.12. The second kappa shape index (κ2) is 7.85. The summed E-state index contributed by atoms with van der Waals surface area (Å²) < 4.78 is 42.4. The van der Waals surface area contributed by atoms with Crippen molar-refractivity contribution in [2.24, 2.45) is 0 Å². The number of aromatic amines is 1. The summed E-state index contributed by atoms with van der Waals surface area (Å²) in [5, 5.41) is 20.4. The Balaban J connectivity index is 2.13. The molecule has 2 rings (SSSR count). The van der Waals surface area contributed by atoms with Gasteiger partial charge < -0.3 is 20.3 Å². The minimum Gasteiger partial charge on any atom is -0.394 e. The lowest BCUT2D eigenvalue weighted by atomic mass is 10.2. The predicted molar refractivity (Wildman–Crippen MR) is 81.0 cm³/mol. The number of aromatic nitrogens is 2. The average Bonchev–Trinajstić information content (AvgIpc) is 2.92. The number of aliphatic hydroxyl groups is 2. The van der Waals surface area contributed by atoms with Crippen LogP contribution in [0.25, 0.3) is 6.08 Å². The van der Waals surface area contributed by atoms with Crippen LogP contribution in [0.15, 0.2) is 21.9 Å². The number of carbonyl (C=O) groups is 1. The van der Waals surface area contributed by atoms with Crippen LogP contribution in [0.5, 0.6) is 0 Å². The van der Waals surface area contributed by atoms with Crippen molar-refractivity contribution in [2.45, 2.75) is 31.0 Å². The van der Waals surface area contributed by atoms with Gasteiger partial charge in [-0.3, -0.25) is 19.1 Å². The zero-order valence-corrected chi connectivity index (χ0v) is 13.2. The van der Waals surface area contributed by atoms with E-state index in [0.717, 1.165) is 22.9 Å². The largest absolute Gasteiger partial charge is 0.471 e. The molecule has 0 radical (unpaired) electrons. The van der Waals surface area contributed by atoms with Crippen LogP contribution in [0.4, 0.5) is 13.2 Å². The molecule has 2 heterocycles. The van der Waals surface area contributed by atoms with Gasteiger partial charge >= 0.3 is 17.8 Å². The van der Waals surface area contributed by atoms with Crippen molar-refractivity contribution < 1.29 is 32.9 Å². The number of hydrogen-bond acceptors (Lipinski definition) is 6. The van der Waals surface area contributed by atoms with E-state index in [2.05, 4.69) is 0 Å². The van der Waals surface area contributed by atoms with Crippen molar-refractivity contribution in [1.82, 2.24) is 14.9 Å². The number of rotatable bonds is 5. The predicted octanol–water partition coefficient (Wildman–Crippen LogP) is -1.13. The Morgan fingerprint density at radius 2 is 2.15 bits per heavy atom. The van der Waals surface area contributed by atoms with Crippen LogP contribution in [0, 0.1) is 0 Å². The van der Waals surface area contributed by atoms with Gasteiger partial charge in [-0.25, -0.2) is 4.79 Å². The maximum absolute atomic E-state index is 12.0. The fraction of sp³-hybridized carbons (Fsp3) is 0.500. The normalized spacial score (nSPS) is 23.5. The van der Waals surface area contributed by atoms with Crippen LogP contribution in [0.1, 0.15) is 18.2 Å². The van der Waals surface area contributed by atoms with Crippen LogP contribution in [0.2, 0.25) is 0 Å². The molecule has 1 saturated heterocycles. The Kier molecular flexibility index (Phi) is 6.00. The zero-order valence-electron chi connectivity index (χ0n) is 13.2. The third-order valence-corrected chi connectivity index (χ3v) is 3.63. The Labute approximate surface area is 143 Å². The quantitative estimate of drug-likeness (QED) is 0.512. The maximum Gasteiger partial charge on any atom is 0.471 e. The molecule has 26 heavy (non-hydrogen) atoms. The van der Waals surface area contributed by atoms with Gasteiger partial charge in [0.15, 0.2) is 0 Å². The fourth-order valence-electron chi connectivity index (χ4n) is 2.32. The van der Waals surface area contributed by atoms with Crippen molar-refractivity contribution in [3.63, 3.8) is 0 Å². The van der Waals surface area contributed by atoms with Crippen molar-refractivity contribution >= 4 is 12.0 Å². The average molecular weight is 379 g/mol. The number of alkyl halides is 3. The summed E-state index contributed by atoms with van der Waals surface area (Å²) >= 11 is 0. The molecule has 4 N–H and O–H groups in total. The van der Waals surface area contributed by atoms with Gasteiger partial charge in [-0.15, -0.1) is 0 Å². The molecule has 1 amide bonds. The molecule has 9 nitrogen and oxygen atoms in total. The van der Waals surface area contributed by atoms with Gasteiger partial charge in [0.1, 0.15) is 12.3 Å². The first-order valence-corrected chi connectivity index (χ1v) is 7.45. The van der Waals surface area contributed by atoms with Gasteiger partial charge in [0.05, 0.1) is 18.3 Å². The molecule has 0 spiro atoms. The molecular formula is C14H16F3N3O6. The van der Waals surface area contributed by atoms with E-state index in [4.69, 9.17) is 9.84 Å². The Hall–Kier alpha value is -2.44. The molecule has 1 aromatic rings. The number of hydrogen-bond donors (Lipinski definition) is 4. The van der Waals surface area contributed by atoms with Crippen LogP contribution in [-0.2, 0) is 9.53 Å². The second-order valence-electron chi connectivity index (χ2n) is 5.48. The number of H-pyrrole nitrogens is 1. The molecule has 0 aromatic carbocycles. The highest BCUT2D eigenvalue weighted by molar-refractivity contribution is 5.81. The van der Waals surface area contributed by atoms with Crippen molar-refractivity contribution in [3.05, 3.63) is 38.7 Å². The van der Waals surface area contributed by atoms with E-state index in [9.17, 15) is 32.7 Å². The van der Waals surface area contributed by atoms with Gasteiger partial charge in [0, 0.05) is 19.2 Å². The van der Waals surface area contributed by atoms with E-state index in [-0.39, 0.29) is 12.0 Å². The molecule has 3 unspecified atom stereocenters. The lowest BCUT2D eigenvalue weighted by molar-refractivity contribution is -0.173. The second-order valence-corrected chi connectivity index (χ2v) is 5.48. The summed E-state index contributed by atoms with van der Waals surface area (Å²) in [6.45, 7) is -0.941. The smallest absolute Gasteiger partial charge is 0.394 e. The number of halogens is 3. The van der Waals surface area contributed by atoms with Crippen LogP contribution in [0.3, 0.4) is 0 Å². The van der Waals surface area contributed by atoms with Crippen LogP contribution in [-0.4, -0.2) is 57.2 Å². The van der Waals surface area contributed by atoms with Crippen molar-refractivity contribution in [2.75, 3.05) is 13.2 Å². The summed E-state index contributed by atoms with van der Waals surface area (Å²) in [6.07, 6.45) is -4.48. The summed E-state index contributed by atoms with van der Waals surface area (Å²) in [4.78, 5) is 36.3. The molecule has 1 aliphatic heterocycles. The van der Waals surface area contributed by atoms with Gasteiger partial charge in [-0.2, -0.15) is 13.2 Å². The van der Waals surface area contributed by atoms with E-state index in [1.165, 1.54) is 0 Å². The number of carbonyl (C=O) groups excluding carboxylic acids is 1. The summed E-state index contributed by atoms with van der Waals surface area (Å²) in [7, 11) is 0. The van der Waals surface area contributed by atoms with E-state index in [1.807, 2.05) is 4.98 Å². The molecule has 1 aliphatic rings. The molecule has 144 valence electrons. The molecule has 1 aromatic heterocycles. The monoisotopic (exact) mass is 379 g/mol. The van der Waals surface area contributed by atoms with Crippen molar-refractivity contribution in [1.29, 1.82) is 0 Å². The third kappa shape index (κ3) is 4.59. The van der Waals surface area contributed by atoms with E-state index in [1.54, 1.807) is 5.32 Å². The minimum atomic E-state index is -5.01. The maximum atomic E-state index is 12.0. The molecule has 0 aliphatic carbocycles. The third-order valence-electron chi connectivity index (χ3n) is 3.63. The van der Waals surface area contributed by atoms with Crippen LogP contribution < -0.4 is 16.6 Å². The van der Waals surface area contributed by atoms with Gasteiger partial charge in [-0.1, -0.05) is 12.2 Å². The SMILES string of the molecule is O=C(NCC=Cc1cn(C2CC(O)C(CO)O2)c(=O)[nH]c1=O)C(F)(F)F. The molecular weight excluding hydrogens is 363 g/mol. The van der Waals surface area contributed by atoms with Gasteiger partial charge in [0.25, 0.3) is 5.56 Å².